The first-order valence-electron chi connectivity index (χ1n) is 7.58. The van der Waals surface area contributed by atoms with Gasteiger partial charge >= 0.3 is 0 Å². The summed E-state index contributed by atoms with van der Waals surface area (Å²) < 4.78 is 6.06. The van der Waals surface area contributed by atoms with Crippen molar-refractivity contribution in [3.05, 3.63) is 71.3 Å². The Balaban J connectivity index is 2.09. The van der Waals surface area contributed by atoms with E-state index in [4.69, 9.17) is 4.74 Å². The zero-order chi connectivity index (χ0) is 15.0. The Kier molecular flexibility index (Phi) is 3.36. The van der Waals surface area contributed by atoms with Crippen LogP contribution in [0.1, 0.15) is 50.3 Å². The van der Waals surface area contributed by atoms with E-state index in [0.29, 0.717) is 5.92 Å². The highest BCUT2D eigenvalue weighted by Gasteiger charge is 2.26. The quantitative estimate of drug-likeness (QED) is 0.713. The molecule has 0 radical (unpaired) electrons. The molecule has 0 N–H and O–H groups in total. The first-order valence-corrected chi connectivity index (χ1v) is 7.58. The van der Waals surface area contributed by atoms with Crippen LogP contribution in [-0.4, -0.2) is 5.60 Å². The SMILES string of the molecule is CC(C)c1ccc(C2=CC(C)(C)Oc3ccccc32)cc1. The second-order valence-corrected chi connectivity index (χ2v) is 6.54. The number of rotatable bonds is 2. The Hall–Kier alpha value is -2.02. The maximum absolute atomic E-state index is 6.06. The summed E-state index contributed by atoms with van der Waals surface area (Å²) in [4.78, 5) is 0. The Labute approximate surface area is 127 Å². The fourth-order valence-corrected chi connectivity index (χ4v) is 2.80. The average molecular weight is 278 g/mol. The molecule has 0 amide bonds. The maximum Gasteiger partial charge on any atom is 0.128 e. The summed E-state index contributed by atoms with van der Waals surface area (Å²) in [6, 6.07) is 17.2. The van der Waals surface area contributed by atoms with E-state index in [9.17, 15) is 0 Å². The summed E-state index contributed by atoms with van der Waals surface area (Å²) in [6.45, 7) is 8.65. The summed E-state index contributed by atoms with van der Waals surface area (Å²) in [5, 5.41) is 0. The molecule has 0 saturated heterocycles. The number of ether oxygens (including phenoxy) is 1. The van der Waals surface area contributed by atoms with E-state index in [1.54, 1.807) is 0 Å². The van der Waals surface area contributed by atoms with Crippen LogP contribution in [0.15, 0.2) is 54.6 Å². The molecule has 3 rings (SSSR count). The topological polar surface area (TPSA) is 9.23 Å². The lowest BCUT2D eigenvalue weighted by molar-refractivity contribution is 0.158. The summed E-state index contributed by atoms with van der Waals surface area (Å²) >= 11 is 0. The van der Waals surface area contributed by atoms with Crippen molar-refractivity contribution in [2.45, 2.75) is 39.2 Å². The fourth-order valence-electron chi connectivity index (χ4n) is 2.80. The van der Waals surface area contributed by atoms with Crippen LogP contribution in [0, 0.1) is 0 Å². The second kappa shape index (κ2) is 5.07. The van der Waals surface area contributed by atoms with Gasteiger partial charge in [-0.15, -0.1) is 0 Å². The van der Waals surface area contributed by atoms with Crippen LogP contribution in [0.5, 0.6) is 5.75 Å². The van der Waals surface area contributed by atoms with Crippen LogP contribution in [0.25, 0.3) is 5.57 Å². The molecule has 1 nitrogen and oxygen atoms in total. The highest BCUT2D eigenvalue weighted by atomic mass is 16.5. The molecule has 0 saturated carbocycles. The van der Waals surface area contributed by atoms with Crippen LogP contribution in [-0.2, 0) is 0 Å². The summed E-state index contributed by atoms with van der Waals surface area (Å²) in [6.07, 6.45) is 2.22. The molecule has 2 aromatic rings. The van der Waals surface area contributed by atoms with Crippen LogP contribution in [0.4, 0.5) is 0 Å². The third-order valence-electron chi connectivity index (χ3n) is 3.93. The fraction of sp³-hybridized carbons (Fsp3) is 0.300. The zero-order valence-corrected chi connectivity index (χ0v) is 13.2. The number of fused-ring (bicyclic) bond motifs is 1. The van der Waals surface area contributed by atoms with Gasteiger partial charge in [0.2, 0.25) is 0 Å². The van der Waals surface area contributed by atoms with Crippen LogP contribution < -0.4 is 4.74 Å². The van der Waals surface area contributed by atoms with Gasteiger partial charge in [-0.1, -0.05) is 56.3 Å². The number of hydrogen-bond donors (Lipinski definition) is 0. The molecule has 2 aromatic carbocycles. The number of benzene rings is 2. The first-order chi connectivity index (χ1) is 9.96. The molecule has 0 spiro atoms. The van der Waals surface area contributed by atoms with Crippen LogP contribution in [0.2, 0.25) is 0 Å². The molecule has 0 fully saturated rings. The standard InChI is InChI=1S/C20H22O/c1-14(2)15-9-11-16(12-10-15)18-13-20(3,4)21-19-8-6-5-7-17(18)19/h5-14H,1-4H3. The summed E-state index contributed by atoms with van der Waals surface area (Å²) in [5.41, 5.74) is 4.79. The lowest BCUT2D eigenvalue weighted by atomic mass is 9.89. The number of hydrogen-bond acceptors (Lipinski definition) is 1. The molecule has 0 atom stereocenters. The van der Waals surface area contributed by atoms with Gasteiger partial charge in [0.1, 0.15) is 11.4 Å². The third kappa shape index (κ3) is 2.73. The van der Waals surface area contributed by atoms with E-state index in [-0.39, 0.29) is 5.60 Å². The number of para-hydroxylation sites is 1. The Bertz CT molecular complexity index is 675. The predicted molar refractivity (Wildman–Crippen MR) is 88.8 cm³/mol. The van der Waals surface area contributed by atoms with E-state index < -0.39 is 0 Å². The van der Waals surface area contributed by atoms with E-state index in [0.717, 1.165) is 5.75 Å². The van der Waals surface area contributed by atoms with Gasteiger partial charge in [-0.25, -0.2) is 0 Å². The summed E-state index contributed by atoms with van der Waals surface area (Å²) in [5.74, 6) is 1.53. The molecule has 0 aromatic heterocycles. The van der Waals surface area contributed by atoms with Gasteiger partial charge in [0, 0.05) is 5.56 Å². The first kappa shape index (κ1) is 13.9. The zero-order valence-electron chi connectivity index (χ0n) is 13.2. The monoisotopic (exact) mass is 278 g/mol. The molecule has 21 heavy (non-hydrogen) atoms. The predicted octanol–water partition coefficient (Wildman–Crippen LogP) is 5.41. The van der Waals surface area contributed by atoms with Crippen molar-refractivity contribution in [2.75, 3.05) is 0 Å². The molecule has 1 aliphatic rings. The second-order valence-electron chi connectivity index (χ2n) is 6.54. The van der Waals surface area contributed by atoms with Crippen molar-refractivity contribution in [3.8, 4) is 5.75 Å². The van der Waals surface area contributed by atoms with E-state index in [2.05, 4.69) is 70.2 Å². The van der Waals surface area contributed by atoms with E-state index in [1.165, 1.54) is 22.3 Å². The van der Waals surface area contributed by atoms with Crippen LogP contribution in [0.3, 0.4) is 0 Å². The van der Waals surface area contributed by atoms with Crippen molar-refractivity contribution >= 4 is 5.57 Å². The molecule has 1 heteroatoms. The highest BCUT2D eigenvalue weighted by Crippen LogP contribution is 2.39. The molecule has 0 unspecified atom stereocenters. The van der Waals surface area contributed by atoms with Gasteiger partial charge in [-0.3, -0.25) is 0 Å². The van der Waals surface area contributed by atoms with Crippen molar-refractivity contribution < 1.29 is 4.74 Å². The normalized spacial score (nSPS) is 16.1. The molecule has 1 heterocycles. The molecule has 0 bridgehead atoms. The Morgan fingerprint density at radius 3 is 2.24 bits per heavy atom. The van der Waals surface area contributed by atoms with E-state index in [1.807, 2.05) is 12.1 Å². The minimum Gasteiger partial charge on any atom is -0.483 e. The Morgan fingerprint density at radius 2 is 1.57 bits per heavy atom. The van der Waals surface area contributed by atoms with Gasteiger partial charge in [-0.05, 0) is 48.6 Å². The molecular weight excluding hydrogens is 256 g/mol. The van der Waals surface area contributed by atoms with Gasteiger partial charge < -0.3 is 4.74 Å². The smallest absolute Gasteiger partial charge is 0.128 e. The van der Waals surface area contributed by atoms with E-state index >= 15 is 0 Å². The van der Waals surface area contributed by atoms with Gasteiger partial charge in [0.25, 0.3) is 0 Å². The van der Waals surface area contributed by atoms with Crippen molar-refractivity contribution in [2.24, 2.45) is 0 Å². The maximum atomic E-state index is 6.06. The molecule has 1 aliphatic heterocycles. The Morgan fingerprint density at radius 1 is 0.905 bits per heavy atom. The largest absolute Gasteiger partial charge is 0.483 e. The molecule has 108 valence electrons. The van der Waals surface area contributed by atoms with Gasteiger partial charge in [-0.2, -0.15) is 0 Å². The average Bonchev–Trinajstić information content (AvgIpc) is 2.45. The molecule has 0 aliphatic carbocycles. The third-order valence-corrected chi connectivity index (χ3v) is 3.93. The summed E-state index contributed by atoms with van der Waals surface area (Å²) in [7, 11) is 0. The minimum absolute atomic E-state index is 0.277. The highest BCUT2D eigenvalue weighted by molar-refractivity contribution is 5.84. The lowest BCUT2D eigenvalue weighted by Crippen LogP contribution is -2.29. The van der Waals surface area contributed by atoms with Gasteiger partial charge in [0.05, 0.1) is 0 Å². The molecular formula is C20H22O. The van der Waals surface area contributed by atoms with Crippen molar-refractivity contribution in [3.63, 3.8) is 0 Å². The lowest BCUT2D eigenvalue weighted by Gasteiger charge is -2.31. The minimum atomic E-state index is -0.277. The van der Waals surface area contributed by atoms with Crippen molar-refractivity contribution in [1.82, 2.24) is 0 Å². The van der Waals surface area contributed by atoms with Crippen LogP contribution >= 0.6 is 0 Å². The van der Waals surface area contributed by atoms with Crippen molar-refractivity contribution in [1.29, 1.82) is 0 Å². The van der Waals surface area contributed by atoms with Gasteiger partial charge in [0.15, 0.2) is 0 Å².